The molecule has 6 aliphatic carbocycles. The lowest BCUT2D eigenvalue weighted by atomic mass is 9.33. The lowest BCUT2D eigenvalue weighted by Crippen LogP contribution is -2.65. The van der Waals surface area contributed by atoms with Gasteiger partial charge in [0.2, 0.25) is 0 Å². The van der Waals surface area contributed by atoms with Crippen molar-refractivity contribution in [3.05, 3.63) is 52.6 Å². The molecule has 1 aromatic carbocycles. The highest BCUT2D eigenvalue weighted by atomic mass is 16.6. The first-order valence-electron chi connectivity index (χ1n) is 19.6. The van der Waals surface area contributed by atoms with Crippen molar-refractivity contribution < 1.29 is 19.0 Å². The van der Waals surface area contributed by atoms with E-state index in [9.17, 15) is 4.79 Å². The highest BCUT2D eigenvalue weighted by Crippen LogP contribution is 2.75. The summed E-state index contributed by atoms with van der Waals surface area (Å²) in [5.41, 5.74) is 5.86. The molecule has 11 atom stereocenters. The van der Waals surface area contributed by atoms with Gasteiger partial charge in [-0.05, 0) is 142 Å². The van der Waals surface area contributed by atoms with Crippen LogP contribution in [0, 0.1) is 52.3 Å². The highest BCUT2D eigenvalue weighted by Gasteiger charge is 2.69. The van der Waals surface area contributed by atoms with Gasteiger partial charge in [-0.15, -0.1) is 0 Å². The van der Waals surface area contributed by atoms with Crippen LogP contribution >= 0.6 is 0 Å². The first-order valence-corrected chi connectivity index (χ1v) is 19.6. The third-order valence-electron chi connectivity index (χ3n) is 17.4. The maximum Gasteiger partial charge on any atom is 0.311 e. The molecule has 0 radical (unpaired) electrons. The molecule has 4 fully saturated rings. The summed E-state index contributed by atoms with van der Waals surface area (Å²) in [7, 11) is 1.57. The Kier molecular flexibility index (Phi) is 7.08. The van der Waals surface area contributed by atoms with Gasteiger partial charge in [-0.25, -0.2) is 0 Å². The van der Waals surface area contributed by atoms with Crippen molar-refractivity contribution in [2.24, 2.45) is 45.3 Å². The van der Waals surface area contributed by atoms with Crippen LogP contribution < -0.4 is 9.47 Å². The summed E-state index contributed by atoms with van der Waals surface area (Å²) in [6, 6.07) is 2.43. The smallest absolute Gasteiger partial charge is 0.311 e. The maximum absolute atomic E-state index is 13.2. The minimum absolute atomic E-state index is 0.0146. The Labute approximate surface area is 296 Å². The molecule has 49 heavy (non-hydrogen) atoms. The van der Waals surface area contributed by atoms with Gasteiger partial charge < -0.3 is 14.2 Å². The fourth-order valence-corrected chi connectivity index (χ4v) is 13.7. The number of rotatable bonds is 2. The standard InChI is InChI=1S/C45H62O4/c1-27(2)31-13-12-28(3)44-17-16-29(4)45(44,25-31)48-34-24-33-32(30(5)37(34)49-44)14-15-35-41(33,8)21-23-43(10)36-26-40(7,38(46)47-11)19-18-39(36,6)20-22-42(35,43)9/h14-16,24,28,31,35-36H,1,12-13,17-23,25-26H2,2-11H3/t28-,31-,35+,36+,39+,40+,41-,42+,43-,44-,45-/m0/s1. The summed E-state index contributed by atoms with van der Waals surface area (Å²) in [5.74, 6) is 3.58. The molecule has 0 amide bonds. The van der Waals surface area contributed by atoms with Gasteiger partial charge in [0, 0.05) is 29.7 Å². The van der Waals surface area contributed by atoms with E-state index in [1.165, 1.54) is 47.1 Å². The zero-order chi connectivity index (χ0) is 35.2. The van der Waals surface area contributed by atoms with E-state index < -0.39 is 11.0 Å². The van der Waals surface area contributed by atoms with Crippen LogP contribution in [0.4, 0.5) is 0 Å². The zero-order valence-corrected chi connectivity index (χ0v) is 32.2. The molecule has 0 unspecified atom stereocenters. The number of ether oxygens (including phenoxy) is 3. The third kappa shape index (κ3) is 4.01. The number of benzene rings is 1. The van der Waals surface area contributed by atoms with E-state index >= 15 is 0 Å². The van der Waals surface area contributed by atoms with Crippen molar-refractivity contribution in [1.29, 1.82) is 0 Å². The average molecular weight is 667 g/mol. The molecule has 4 heteroatoms. The topological polar surface area (TPSA) is 44.8 Å². The Hall–Kier alpha value is -2.49. The van der Waals surface area contributed by atoms with Crippen LogP contribution in [0.3, 0.4) is 0 Å². The fourth-order valence-electron chi connectivity index (χ4n) is 13.7. The van der Waals surface area contributed by atoms with Crippen LogP contribution in [0.2, 0.25) is 0 Å². The first-order chi connectivity index (χ1) is 22.9. The van der Waals surface area contributed by atoms with Crippen LogP contribution in [-0.4, -0.2) is 24.3 Å². The summed E-state index contributed by atoms with van der Waals surface area (Å²) in [6.45, 7) is 26.1. The van der Waals surface area contributed by atoms with E-state index in [4.69, 9.17) is 14.2 Å². The lowest BCUT2D eigenvalue weighted by molar-refractivity contribution is -0.205. The summed E-state index contributed by atoms with van der Waals surface area (Å²) >= 11 is 0. The molecular weight excluding hydrogens is 604 g/mol. The van der Waals surface area contributed by atoms with E-state index in [1.807, 2.05) is 0 Å². The predicted molar refractivity (Wildman–Crippen MR) is 198 cm³/mol. The Morgan fingerprint density at radius 1 is 0.939 bits per heavy atom. The number of carbonyl (C=O) groups is 1. The Bertz CT molecular complexity index is 1700. The van der Waals surface area contributed by atoms with Crippen molar-refractivity contribution in [2.75, 3.05) is 7.11 Å². The molecule has 1 aromatic rings. The molecular formula is C45H62O4. The number of hydrogen-bond acceptors (Lipinski definition) is 4. The SMILES string of the molecule is C=C(C)[C@H]1CC[C@H](C)[C@@]23CC=C(C)[C@]2(C1)Oc1cc2c(c(C)c1O3)C=C[C@@H]1[C@@]2(C)CC[C@@]2(C)[C@@H]3C[C@](C)(C(=O)OC)CC[C@]3(C)CC[C@]12C. The Morgan fingerprint density at radius 3 is 2.37 bits per heavy atom. The number of esters is 1. The molecule has 1 aliphatic heterocycles. The molecule has 8 rings (SSSR count). The van der Waals surface area contributed by atoms with Gasteiger partial charge in [0.05, 0.1) is 12.5 Å². The second-order valence-electron chi connectivity index (χ2n) is 19.6. The number of methoxy groups -OCH3 is 1. The van der Waals surface area contributed by atoms with Gasteiger partial charge in [0.25, 0.3) is 0 Å². The molecule has 0 N–H and O–H groups in total. The summed E-state index contributed by atoms with van der Waals surface area (Å²) in [6.07, 6.45) is 19.3. The maximum atomic E-state index is 13.2. The van der Waals surface area contributed by atoms with Gasteiger partial charge in [-0.3, -0.25) is 4.79 Å². The molecule has 4 saturated carbocycles. The van der Waals surface area contributed by atoms with Gasteiger partial charge in [0.15, 0.2) is 22.7 Å². The lowest BCUT2D eigenvalue weighted by Gasteiger charge is -2.71. The molecule has 0 bridgehead atoms. The van der Waals surface area contributed by atoms with Crippen LogP contribution in [0.15, 0.2) is 35.9 Å². The minimum Gasteiger partial charge on any atom is -0.478 e. The number of carbonyl (C=O) groups excluding carboxylic acids is 1. The summed E-state index contributed by atoms with van der Waals surface area (Å²) in [4.78, 5) is 13.2. The quantitative estimate of drug-likeness (QED) is 0.233. The monoisotopic (exact) mass is 666 g/mol. The molecule has 7 aliphatic rings. The molecule has 0 saturated heterocycles. The molecule has 1 heterocycles. The molecule has 0 aromatic heterocycles. The van der Waals surface area contributed by atoms with E-state index in [-0.39, 0.29) is 33.2 Å². The van der Waals surface area contributed by atoms with Crippen molar-refractivity contribution in [3.8, 4) is 11.5 Å². The zero-order valence-electron chi connectivity index (χ0n) is 32.2. The van der Waals surface area contributed by atoms with E-state index in [2.05, 4.69) is 93.2 Å². The highest BCUT2D eigenvalue weighted by molar-refractivity contribution is 5.76. The first kappa shape index (κ1) is 33.6. The number of allylic oxidation sites excluding steroid dienone is 2. The third-order valence-corrected chi connectivity index (χ3v) is 17.4. The second-order valence-corrected chi connectivity index (χ2v) is 19.6. The fraction of sp³-hybridized carbons (Fsp3) is 0.711. The van der Waals surface area contributed by atoms with Crippen molar-refractivity contribution in [3.63, 3.8) is 0 Å². The summed E-state index contributed by atoms with van der Waals surface area (Å²) < 4.78 is 20.4. The molecule has 266 valence electrons. The van der Waals surface area contributed by atoms with Crippen molar-refractivity contribution in [2.45, 2.75) is 150 Å². The number of fused-ring (bicyclic) bond motifs is 8. The molecule has 0 spiro atoms. The van der Waals surface area contributed by atoms with Crippen LogP contribution in [0.5, 0.6) is 11.5 Å². The van der Waals surface area contributed by atoms with Crippen LogP contribution in [0.1, 0.15) is 143 Å². The van der Waals surface area contributed by atoms with Crippen LogP contribution in [0.25, 0.3) is 6.08 Å². The van der Waals surface area contributed by atoms with Crippen molar-refractivity contribution >= 4 is 12.0 Å². The molecule has 4 nitrogen and oxygen atoms in total. The van der Waals surface area contributed by atoms with Gasteiger partial charge in [-0.2, -0.15) is 0 Å². The van der Waals surface area contributed by atoms with Crippen molar-refractivity contribution in [1.82, 2.24) is 0 Å². The Morgan fingerprint density at radius 2 is 1.65 bits per heavy atom. The largest absolute Gasteiger partial charge is 0.478 e. The van der Waals surface area contributed by atoms with E-state index in [1.54, 1.807) is 7.11 Å². The predicted octanol–water partition coefficient (Wildman–Crippen LogP) is 11.1. The number of hydrogen-bond donors (Lipinski definition) is 0. The second kappa shape index (κ2) is 10.3. The average Bonchev–Trinajstić information content (AvgIpc) is 3.27. The Balaban J connectivity index is 1.21. The van der Waals surface area contributed by atoms with E-state index in [0.29, 0.717) is 23.7 Å². The van der Waals surface area contributed by atoms with Gasteiger partial charge in [0.1, 0.15) is 0 Å². The van der Waals surface area contributed by atoms with Crippen LogP contribution in [-0.2, 0) is 14.9 Å². The minimum atomic E-state index is -0.469. The normalized spacial score (nSPS) is 47.6. The van der Waals surface area contributed by atoms with E-state index in [0.717, 1.165) is 62.9 Å². The van der Waals surface area contributed by atoms with Gasteiger partial charge in [-0.1, -0.05) is 65.0 Å². The van der Waals surface area contributed by atoms with Gasteiger partial charge >= 0.3 is 5.97 Å². The summed E-state index contributed by atoms with van der Waals surface area (Å²) in [5, 5.41) is 0.